The summed E-state index contributed by atoms with van der Waals surface area (Å²) < 4.78 is 16.5. The fourth-order valence-electron chi connectivity index (χ4n) is 3.46. The first-order chi connectivity index (χ1) is 16.0. The number of phenolic OH excluding ortho intramolecular Hbond substituents is 1. The smallest absolute Gasteiger partial charge is 0.239 e. The van der Waals surface area contributed by atoms with Crippen LogP contribution in [0.5, 0.6) is 11.5 Å². The molecule has 0 fully saturated rings. The van der Waals surface area contributed by atoms with E-state index < -0.39 is 0 Å². The van der Waals surface area contributed by atoms with Crippen LogP contribution in [0.2, 0.25) is 0 Å². The summed E-state index contributed by atoms with van der Waals surface area (Å²) in [6.07, 6.45) is 8.13. The van der Waals surface area contributed by atoms with Gasteiger partial charge in [-0.25, -0.2) is 9.97 Å². The molecule has 0 radical (unpaired) electrons. The number of nitrogens with one attached hydrogen (secondary N) is 1. The van der Waals surface area contributed by atoms with Crippen molar-refractivity contribution in [3.8, 4) is 17.2 Å². The van der Waals surface area contributed by atoms with E-state index in [1.807, 2.05) is 25.4 Å². The molecule has 0 aliphatic carbocycles. The summed E-state index contributed by atoms with van der Waals surface area (Å²) in [7, 11) is 1.56. The van der Waals surface area contributed by atoms with E-state index in [1.165, 1.54) is 11.9 Å². The van der Waals surface area contributed by atoms with Crippen molar-refractivity contribution < 1.29 is 14.6 Å². The van der Waals surface area contributed by atoms with E-state index >= 15 is 0 Å². The zero-order chi connectivity index (χ0) is 23.4. The van der Waals surface area contributed by atoms with Gasteiger partial charge >= 0.3 is 0 Å². The van der Waals surface area contributed by atoms with E-state index in [0.29, 0.717) is 29.8 Å². The second-order valence-electron chi connectivity index (χ2n) is 7.89. The zero-order valence-corrected chi connectivity index (χ0v) is 19.9. The van der Waals surface area contributed by atoms with Gasteiger partial charge in [-0.2, -0.15) is 0 Å². The van der Waals surface area contributed by atoms with Gasteiger partial charge in [0, 0.05) is 23.6 Å². The van der Waals surface area contributed by atoms with Gasteiger partial charge < -0.3 is 14.6 Å². The van der Waals surface area contributed by atoms with Crippen molar-refractivity contribution in [2.24, 2.45) is 0 Å². The lowest BCUT2D eigenvalue weighted by molar-refractivity contribution is 0.0730. The highest BCUT2D eigenvalue weighted by Crippen LogP contribution is 2.38. The molecule has 33 heavy (non-hydrogen) atoms. The van der Waals surface area contributed by atoms with Gasteiger partial charge in [-0.1, -0.05) is 32.1 Å². The second-order valence-corrected chi connectivity index (χ2v) is 9.07. The summed E-state index contributed by atoms with van der Waals surface area (Å²) in [5.74, 6) is 2.45. The number of aryl methyl sites for hydroxylation is 1. The van der Waals surface area contributed by atoms with Crippen molar-refractivity contribution in [2.45, 2.75) is 44.5 Å². The van der Waals surface area contributed by atoms with Crippen LogP contribution < -0.4 is 9.46 Å². The average molecular weight is 469 g/mol. The third-order valence-corrected chi connectivity index (χ3v) is 6.59. The minimum atomic E-state index is -0.381. The Morgan fingerprint density at radius 1 is 1.24 bits per heavy atom. The van der Waals surface area contributed by atoms with E-state index in [9.17, 15) is 5.11 Å². The molecule has 10 heteroatoms. The van der Waals surface area contributed by atoms with Crippen LogP contribution in [0.25, 0.3) is 5.69 Å². The number of benzene rings is 1. The van der Waals surface area contributed by atoms with Crippen LogP contribution in [0.3, 0.4) is 0 Å². The van der Waals surface area contributed by atoms with Crippen molar-refractivity contribution in [1.82, 2.24) is 24.7 Å². The zero-order valence-electron chi connectivity index (χ0n) is 19.1. The molecule has 174 valence electrons. The van der Waals surface area contributed by atoms with Gasteiger partial charge in [0.2, 0.25) is 5.95 Å². The van der Waals surface area contributed by atoms with Gasteiger partial charge in [0.1, 0.15) is 29.1 Å². The molecule has 3 unspecified atom stereocenters. The molecule has 3 aromatic rings. The number of aromatic nitrogens is 5. The quantitative estimate of drug-likeness (QED) is 0.368. The molecule has 0 bridgehead atoms. The Hall–Kier alpha value is -3.11. The van der Waals surface area contributed by atoms with Gasteiger partial charge in [-0.15, -0.1) is 10.2 Å². The number of hydrogen-bond donors (Lipinski definition) is 2. The van der Waals surface area contributed by atoms with E-state index in [0.717, 1.165) is 17.8 Å². The number of nitrogens with zero attached hydrogens (tertiary/aromatic N) is 5. The maximum Gasteiger partial charge on any atom is 0.239 e. The molecule has 9 nitrogen and oxygen atoms in total. The number of hydrogen-bond acceptors (Lipinski definition) is 9. The number of rotatable bonds is 8. The maximum atomic E-state index is 10.7. The molecule has 1 aromatic carbocycles. The Morgan fingerprint density at radius 2 is 2.03 bits per heavy atom. The van der Waals surface area contributed by atoms with Gasteiger partial charge in [0.15, 0.2) is 5.82 Å². The van der Waals surface area contributed by atoms with Crippen molar-refractivity contribution in [3.05, 3.63) is 60.0 Å². The van der Waals surface area contributed by atoms with Gasteiger partial charge in [-0.3, -0.25) is 9.29 Å². The number of phenols is 1. The molecule has 3 atom stereocenters. The summed E-state index contributed by atoms with van der Waals surface area (Å²) in [5.41, 5.74) is 1.48. The molecular formula is C23H28N6O3S. The van der Waals surface area contributed by atoms with E-state index in [-0.39, 0.29) is 23.0 Å². The summed E-state index contributed by atoms with van der Waals surface area (Å²) in [6, 6.07) is 5.12. The molecule has 0 spiro atoms. The molecule has 0 amide bonds. The Balaban J connectivity index is 1.64. The van der Waals surface area contributed by atoms with Crippen molar-refractivity contribution in [1.29, 1.82) is 0 Å². The highest BCUT2D eigenvalue weighted by molar-refractivity contribution is 8.01. The highest BCUT2D eigenvalue weighted by atomic mass is 32.2. The van der Waals surface area contributed by atoms with Crippen LogP contribution in [0.15, 0.2) is 42.7 Å². The van der Waals surface area contributed by atoms with E-state index in [1.54, 1.807) is 29.9 Å². The minimum Gasteiger partial charge on any atom is -0.506 e. The lowest BCUT2D eigenvalue weighted by atomic mass is 10.1. The Bertz CT molecular complexity index is 1120. The topological polar surface area (TPSA) is 107 Å². The first-order valence-corrected chi connectivity index (χ1v) is 11.7. The summed E-state index contributed by atoms with van der Waals surface area (Å²) in [6.45, 7) is 6.75. The lowest BCUT2D eigenvalue weighted by Crippen LogP contribution is -2.16. The number of aromatic hydroxyl groups is 1. The second kappa shape index (κ2) is 10.2. The van der Waals surface area contributed by atoms with Crippen molar-refractivity contribution >= 4 is 17.9 Å². The van der Waals surface area contributed by atoms with Gasteiger partial charge in [0.05, 0.1) is 13.7 Å². The molecule has 1 aliphatic rings. The number of anilines is 1. The van der Waals surface area contributed by atoms with Gasteiger partial charge in [-0.05, 0) is 43.0 Å². The molecule has 0 saturated heterocycles. The molecular weight excluding hydrogens is 440 g/mol. The highest BCUT2D eigenvalue weighted by Gasteiger charge is 2.27. The SMILES string of the molecule is COc1cccc(O)c1-n1c(NSC(C)C(C)c2ncc(C)cn2)nnc1C1C=CCCO1. The fourth-order valence-corrected chi connectivity index (χ4v) is 4.21. The summed E-state index contributed by atoms with van der Waals surface area (Å²) in [4.78, 5) is 8.92. The number of ether oxygens (including phenoxy) is 2. The third kappa shape index (κ3) is 4.96. The lowest BCUT2D eigenvalue weighted by Gasteiger charge is -2.22. The monoisotopic (exact) mass is 468 g/mol. The van der Waals surface area contributed by atoms with Crippen LogP contribution in [0.4, 0.5) is 5.95 Å². The normalized spacial score (nSPS) is 17.5. The maximum absolute atomic E-state index is 10.7. The first-order valence-electron chi connectivity index (χ1n) is 10.8. The predicted molar refractivity (Wildman–Crippen MR) is 128 cm³/mol. The molecule has 4 rings (SSSR count). The molecule has 2 aromatic heterocycles. The van der Waals surface area contributed by atoms with Crippen LogP contribution >= 0.6 is 11.9 Å². The Labute approximate surface area is 197 Å². The van der Waals surface area contributed by atoms with E-state index in [2.05, 4.69) is 44.8 Å². The molecule has 2 N–H and O–H groups in total. The van der Waals surface area contributed by atoms with E-state index in [4.69, 9.17) is 9.47 Å². The summed E-state index contributed by atoms with van der Waals surface area (Å²) >= 11 is 1.49. The standard InChI is InChI=1S/C23H28N6O3S/c1-14-12-24-21(25-13-14)15(2)16(3)33-28-23-27-26-22(19-9-5-6-11-32-19)29(23)20-17(30)8-7-10-18(20)31-4/h5,7-10,12-13,15-16,19,30H,6,11H2,1-4H3,(H,27,28). The van der Waals surface area contributed by atoms with Crippen molar-refractivity contribution in [3.63, 3.8) is 0 Å². The average Bonchev–Trinajstić information content (AvgIpc) is 3.26. The Morgan fingerprint density at radius 3 is 2.73 bits per heavy atom. The molecule has 3 heterocycles. The largest absolute Gasteiger partial charge is 0.506 e. The number of methoxy groups -OCH3 is 1. The minimum absolute atomic E-state index is 0.0534. The van der Waals surface area contributed by atoms with Crippen LogP contribution in [-0.2, 0) is 4.74 Å². The van der Waals surface area contributed by atoms with Gasteiger partial charge in [0.25, 0.3) is 0 Å². The summed E-state index contributed by atoms with van der Waals surface area (Å²) in [5, 5.41) is 19.6. The van der Waals surface area contributed by atoms with Crippen LogP contribution in [0.1, 0.15) is 49.5 Å². The van der Waals surface area contributed by atoms with Crippen LogP contribution in [-0.4, -0.2) is 48.8 Å². The number of para-hydroxylation sites is 1. The fraction of sp³-hybridized carbons (Fsp3) is 0.391. The molecule has 0 saturated carbocycles. The Kier molecular flexibility index (Phi) is 7.14. The predicted octanol–water partition coefficient (Wildman–Crippen LogP) is 4.35. The van der Waals surface area contributed by atoms with Crippen LogP contribution in [0, 0.1) is 6.92 Å². The first kappa shape index (κ1) is 23.1. The third-order valence-electron chi connectivity index (χ3n) is 5.51. The molecule has 1 aliphatic heterocycles. The van der Waals surface area contributed by atoms with Crippen molar-refractivity contribution in [2.75, 3.05) is 18.4 Å².